The molecule has 7 heteroatoms. The molecule has 0 radical (unpaired) electrons. The lowest BCUT2D eigenvalue weighted by Gasteiger charge is -2.17. The monoisotopic (exact) mass is 327 g/mol. The number of carbonyl (C=O) groups excluding carboxylic acids is 1. The number of rotatable bonds is 12. The minimum Gasteiger partial charge on any atom is -0.480 e. The van der Waals surface area contributed by atoms with Crippen LogP contribution in [0.2, 0.25) is 0 Å². The predicted octanol–water partition coefficient (Wildman–Crippen LogP) is 0.449. The van der Waals surface area contributed by atoms with E-state index in [-0.39, 0.29) is 25.0 Å². The van der Waals surface area contributed by atoms with Crippen molar-refractivity contribution in [2.45, 2.75) is 12.8 Å². The fraction of sp³-hybridized carbons (Fsp3) is 0.750. The largest absolute Gasteiger partial charge is 0.480 e. The van der Waals surface area contributed by atoms with E-state index in [9.17, 15) is 9.59 Å². The van der Waals surface area contributed by atoms with E-state index in [1.165, 1.54) is 0 Å². The number of allylic oxidation sites excluding steroid dienone is 2. The van der Waals surface area contributed by atoms with E-state index in [2.05, 4.69) is 17.5 Å². The van der Waals surface area contributed by atoms with Gasteiger partial charge in [-0.1, -0.05) is 12.2 Å². The van der Waals surface area contributed by atoms with Crippen LogP contribution in [-0.4, -0.2) is 63.2 Å². The molecule has 0 unspecified atom stereocenters. The minimum atomic E-state index is -0.989. The van der Waals surface area contributed by atoms with Gasteiger partial charge in [-0.05, 0) is 24.7 Å². The molecule has 23 heavy (non-hydrogen) atoms. The van der Waals surface area contributed by atoms with E-state index in [1.54, 1.807) is 0 Å². The quantitative estimate of drug-likeness (QED) is 0.399. The normalized spacial score (nSPS) is 25.0. The molecule has 0 heterocycles. The molecule has 0 saturated heterocycles. The number of ether oxygens (including phenoxy) is 3. The van der Waals surface area contributed by atoms with Crippen molar-refractivity contribution in [1.82, 2.24) is 5.32 Å². The zero-order chi connectivity index (χ0) is 16.5. The number of carboxylic acid groups (broad SMARTS) is 1. The smallest absolute Gasteiger partial charge is 0.329 e. The van der Waals surface area contributed by atoms with Crippen LogP contribution in [0.4, 0.5) is 0 Å². The van der Waals surface area contributed by atoms with Crippen LogP contribution in [0.3, 0.4) is 0 Å². The number of carbonyl (C=O) groups is 2. The summed E-state index contributed by atoms with van der Waals surface area (Å²) in [6.07, 6.45) is 6.50. The molecule has 0 spiro atoms. The lowest BCUT2D eigenvalue weighted by Crippen LogP contribution is -2.35. The molecule has 0 aliphatic heterocycles. The Bertz CT molecular complexity index is 425. The highest BCUT2D eigenvalue weighted by molar-refractivity contribution is 5.79. The number of carboxylic acids is 1. The molecular weight excluding hydrogens is 302 g/mol. The Labute approximate surface area is 136 Å². The van der Waals surface area contributed by atoms with Crippen molar-refractivity contribution >= 4 is 11.9 Å². The van der Waals surface area contributed by atoms with Gasteiger partial charge in [0.05, 0.1) is 33.0 Å². The lowest BCUT2D eigenvalue weighted by atomic mass is 9.93. The van der Waals surface area contributed by atoms with Gasteiger partial charge in [0.1, 0.15) is 6.61 Å². The molecule has 2 aliphatic carbocycles. The maximum absolute atomic E-state index is 12.0. The van der Waals surface area contributed by atoms with Crippen LogP contribution < -0.4 is 5.32 Å². The molecule has 0 aromatic heterocycles. The summed E-state index contributed by atoms with van der Waals surface area (Å²) in [6.45, 7) is 2.11. The average molecular weight is 327 g/mol. The highest BCUT2D eigenvalue weighted by atomic mass is 16.5. The molecule has 2 rings (SSSR count). The molecule has 7 nitrogen and oxygen atoms in total. The maximum Gasteiger partial charge on any atom is 0.329 e. The molecule has 3 atom stereocenters. The Hall–Kier alpha value is -1.44. The van der Waals surface area contributed by atoms with Gasteiger partial charge in [0.15, 0.2) is 0 Å². The van der Waals surface area contributed by atoms with Crippen LogP contribution in [0.15, 0.2) is 12.2 Å². The second-order valence-electron chi connectivity index (χ2n) is 5.85. The van der Waals surface area contributed by atoms with Crippen molar-refractivity contribution in [3.8, 4) is 0 Å². The van der Waals surface area contributed by atoms with E-state index >= 15 is 0 Å². The summed E-state index contributed by atoms with van der Waals surface area (Å²) in [4.78, 5) is 22.2. The fourth-order valence-corrected chi connectivity index (χ4v) is 3.06. The van der Waals surface area contributed by atoms with Crippen molar-refractivity contribution < 1.29 is 28.9 Å². The number of hydrogen-bond acceptors (Lipinski definition) is 5. The Kier molecular flexibility index (Phi) is 7.51. The first-order valence-electron chi connectivity index (χ1n) is 8.08. The molecule has 0 aromatic rings. The van der Waals surface area contributed by atoms with Gasteiger partial charge < -0.3 is 24.6 Å². The number of fused-ring (bicyclic) bond motifs is 2. The third-order valence-electron chi connectivity index (χ3n) is 4.13. The van der Waals surface area contributed by atoms with Crippen LogP contribution in [-0.2, 0) is 23.8 Å². The van der Waals surface area contributed by atoms with Crippen LogP contribution in [0.1, 0.15) is 12.8 Å². The van der Waals surface area contributed by atoms with E-state index in [1.807, 2.05) is 0 Å². The molecule has 1 amide bonds. The summed E-state index contributed by atoms with van der Waals surface area (Å²) in [5.74, 6) is 0.314. The number of hydrogen-bond donors (Lipinski definition) is 2. The third-order valence-corrected chi connectivity index (χ3v) is 4.13. The number of nitrogens with one attached hydrogen (secondary N) is 1. The van der Waals surface area contributed by atoms with Crippen LogP contribution in [0.25, 0.3) is 0 Å². The summed E-state index contributed by atoms with van der Waals surface area (Å²) in [7, 11) is 0. The van der Waals surface area contributed by atoms with Crippen molar-refractivity contribution in [3.63, 3.8) is 0 Å². The van der Waals surface area contributed by atoms with E-state index in [0.717, 1.165) is 12.8 Å². The van der Waals surface area contributed by atoms with Crippen LogP contribution >= 0.6 is 0 Å². The molecule has 0 aromatic carbocycles. The molecule has 1 saturated carbocycles. The molecule has 2 N–H and O–H groups in total. The topological polar surface area (TPSA) is 94.1 Å². The van der Waals surface area contributed by atoms with Gasteiger partial charge in [-0.25, -0.2) is 4.79 Å². The highest BCUT2D eigenvalue weighted by Gasteiger charge is 2.39. The number of amides is 1. The zero-order valence-corrected chi connectivity index (χ0v) is 13.2. The van der Waals surface area contributed by atoms with E-state index < -0.39 is 5.97 Å². The summed E-state index contributed by atoms with van der Waals surface area (Å²) in [5.41, 5.74) is 0. The molecule has 1 fully saturated rings. The van der Waals surface area contributed by atoms with Crippen molar-refractivity contribution in [2.24, 2.45) is 17.8 Å². The third kappa shape index (κ3) is 6.29. The maximum atomic E-state index is 12.0. The molecular formula is C16H25NO6. The lowest BCUT2D eigenvalue weighted by molar-refractivity contribution is -0.142. The summed E-state index contributed by atoms with van der Waals surface area (Å²) in [6, 6.07) is 0. The van der Waals surface area contributed by atoms with E-state index in [4.69, 9.17) is 19.3 Å². The average Bonchev–Trinajstić information content (AvgIpc) is 3.15. The first kappa shape index (κ1) is 17.9. The first-order valence-corrected chi connectivity index (χ1v) is 8.08. The minimum absolute atomic E-state index is 0.136. The van der Waals surface area contributed by atoms with Crippen molar-refractivity contribution in [2.75, 3.05) is 46.2 Å². The molecule has 130 valence electrons. The zero-order valence-electron chi connectivity index (χ0n) is 13.2. The van der Waals surface area contributed by atoms with Gasteiger partial charge in [0.2, 0.25) is 5.91 Å². The Balaban J connectivity index is 1.36. The second-order valence-corrected chi connectivity index (χ2v) is 5.85. The Morgan fingerprint density at radius 1 is 1.00 bits per heavy atom. The Morgan fingerprint density at radius 2 is 1.70 bits per heavy atom. The van der Waals surface area contributed by atoms with Gasteiger partial charge in [0, 0.05) is 12.5 Å². The van der Waals surface area contributed by atoms with Gasteiger partial charge in [-0.3, -0.25) is 4.79 Å². The van der Waals surface area contributed by atoms with Gasteiger partial charge in [-0.2, -0.15) is 0 Å². The first-order chi connectivity index (χ1) is 11.2. The van der Waals surface area contributed by atoms with Gasteiger partial charge in [0.25, 0.3) is 0 Å². The summed E-state index contributed by atoms with van der Waals surface area (Å²) in [5, 5.41) is 11.3. The highest BCUT2D eigenvalue weighted by Crippen LogP contribution is 2.43. The fourth-order valence-electron chi connectivity index (χ4n) is 3.06. The number of aliphatic carboxylic acids is 1. The Morgan fingerprint density at radius 3 is 2.30 bits per heavy atom. The standard InChI is InChI=1S/C16H25NO6/c18-15(19)11-23-8-7-22-6-5-21-4-3-17-16(20)14-10-12-1-2-13(14)9-12/h1-2,12-14H,3-11H2,(H,17,20)(H,18,19)/t12-,13+,14+/m1/s1. The SMILES string of the molecule is O=C(O)COCCOCCOCCNC(=O)[C@H]1C[C@@H]2C=C[C@H]1C2. The summed E-state index contributed by atoms with van der Waals surface area (Å²) >= 11 is 0. The van der Waals surface area contributed by atoms with Crippen LogP contribution in [0, 0.1) is 17.8 Å². The van der Waals surface area contributed by atoms with Gasteiger partial charge >= 0.3 is 5.97 Å². The van der Waals surface area contributed by atoms with Gasteiger partial charge in [-0.15, -0.1) is 0 Å². The summed E-state index contributed by atoms with van der Waals surface area (Å²) < 4.78 is 15.4. The molecule has 2 bridgehead atoms. The molecule has 2 aliphatic rings. The van der Waals surface area contributed by atoms with Crippen molar-refractivity contribution in [1.29, 1.82) is 0 Å². The van der Waals surface area contributed by atoms with E-state index in [0.29, 0.717) is 44.8 Å². The predicted molar refractivity (Wildman–Crippen MR) is 81.9 cm³/mol. The second kappa shape index (κ2) is 9.64. The van der Waals surface area contributed by atoms with Crippen molar-refractivity contribution in [3.05, 3.63) is 12.2 Å². The van der Waals surface area contributed by atoms with Crippen LogP contribution in [0.5, 0.6) is 0 Å².